The van der Waals surface area contributed by atoms with Crippen molar-refractivity contribution in [3.8, 4) is 5.75 Å². The fraction of sp³-hybridized carbons (Fsp3) is 0.500. The highest BCUT2D eigenvalue weighted by molar-refractivity contribution is 5.41. The molecule has 0 saturated heterocycles. The fourth-order valence-corrected chi connectivity index (χ4v) is 1.62. The van der Waals surface area contributed by atoms with E-state index in [1.807, 2.05) is 13.8 Å². The van der Waals surface area contributed by atoms with Gasteiger partial charge in [-0.05, 0) is 49.1 Å². The van der Waals surface area contributed by atoms with Gasteiger partial charge in [-0.2, -0.15) is 0 Å². The molecule has 0 spiro atoms. The third-order valence-corrected chi connectivity index (χ3v) is 2.50. The van der Waals surface area contributed by atoms with Crippen LogP contribution in [0.3, 0.4) is 0 Å². The van der Waals surface area contributed by atoms with Crippen LogP contribution in [-0.2, 0) is 6.42 Å². The smallest absolute Gasteiger partial charge is 0.406 e. The summed E-state index contributed by atoms with van der Waals surface area (Å²) in [7, 11) is 0. The SMILES string of the molecule is CCCc1cc(OC(F)(F)F)cc(C)c1C. The van der Waals surface area contributed by atoms with Crippen LogP contribution in [0.25, 0.3) is 0 Å². The molecule has 0 amide bonds. The normalized spacial score (nSPS) is 11.6. The van der Waals surface area contributed by atoms with Crippen LogP contribution < -0.4 is 4.74 Å². The average molecular weight is 232 g/mol. The largest absolute Gasteiger partial charge is 0.573 e. The summed E-state index contributed by atoms with van der Waals surface area (Å²) in [4.78, 5) is 0. The molecular formula is C12H15F3O. The zero-order valence-electron chi connectivity index (χ0n) is 9.61. The van der Waals surface area contributed by atoms with Crippen LogP contribution in [0, 0.1) is 13.8 Å². The van der Waals surface area contributed by atoms with Gasteiger partial charge < -0.3 is 4.74 Å². The van der Waals surface area contributed by atoms with Gasteiger partial charge in [-0.25, -0.2) is 0 Å². The van der Waals surface area contributed by atoms with Crippen molar-refractivity contribution in [3.63, 3.8) is 0 Å². The van der Waals surface area contributed by atoms with Crippen molar-refractivity contribution in [2.24, 2.45) is 0 Å². The summed E-state index contributed by atoms with van der Waals surface area (Å²) in [6.45, 7) is 5.70. The first-order valence-corrected chi connectivity index (χ1v) is 5.19. The minimum Gasteiger partial charge on any atom is -0.406 e. The molecule has 0 aliphatic heterocycles. The summed E-state index contributed by atoms with van der Waals surface area (Å²) >= 11 is 0. The highest BCUT2D eigenvalue weighted by atomic mass is 19.4. The lowest BCUT2D eigenvalue weighted by Crippen LogP contribution is -2.17. The van der Waals surface area contributed by atoms with E-state index in [9.17, 15) is 13.2 Å². The number of ether oxygens (including phenoxy) is 1. The molecule has 0 heterocycles. The molecule has 1 nitrogen and oxygen atoms in total. The molecular weight excluding hydrogens is 217 g/mol. The summed E-state index contributed by atoms with van der Waals surface area (Å²) in [6.07, 6.45) is -2.96. The zero-order chi connectivity index (χ0) is 12.3. The van der Waals surface area contributed by atoms with E-state index in [4.69, 9.17) is 0 Å². The van der Waals surface area contributed by atoms with Gasteiger partial charge in [0.05, 0.1) is 0 Å². The van der Waals surface area contributed by atoms with Crippen LogP contribution in [0.1, 0.15) is 30.0 Å². The van der Waals surface area contributed by atoms with Crippen LogP contribution in [0.5, 0.6) is 5.75 Å². The van der Waals surface area contributed by atoms with Gasteiger partial charge in [0.2, 0.25) is 0 Å². The summed E-state index contributed by atoms with van der Waals surface area (Å²) in [6, 6.07) is 2.89. The molecule has 4 heteroatoms. The Labute approximate surface area is 93.2 Å². The van der Waals surface area contributed by atoms with Gasteiger partial charge in [0.25, 0.3) is 0 Å². The van der Waals surface area contributed by atoms with Crippen LogP contribution >= 0.6 is 0 Å². The van der Waals surface area contributed by atoms with Crippen LogP contribution in [0.15, 0.2) is 12.1 Å². The van der Waals surface area contributed by atoms with Gasteiger partial charge in [0.1, 0.15) is 5.75 Å². The summed E-state index contributed by atoms with van der Waals surface area (Å²) in [5.41, 5.74) is 2.78. The number of halogens is 3. The maximum atomic E-state index is 12.1. The third-order valence-electron chi connectivity index (χ3n) is 2.50. The Balaban J connectivity index is 3.04. The van der Waals surface area contributed by atoms with Crippen molar-refractivity contribution < 1.29 is 17.9 Å². The van der Waals surface area contributed by atoms with Gasteiger partial charge in [-0.3, -0.25) is 0 Å². The minimum absolute atomic E-state index is 0.126. The quantitative estimate of drug-likeness (QED) is 0.760. The molecule has 0 aliphatic carbocycles. The van der Waals surface area contributed by atoms with E-state index in [0.29, 0.717) is 0 Å². The number of rotatable bonds is 3. The standard InChI is InChI=1S/C12H15F3O/c1-4-5-10-7-11(16-12(13,14)15)6-8(2)9(10)3/h6-7H,4-5H2,1-3H3. The Morgan fingerprint density at radius 2 is 1.81 bits per heavy atom. The Kier molecular flexibility index (Phi) is 3.83. The maximum absolute atomic E-state index is 12.1. The molecule has 1 aromatic rings. The first kappa shape index (κ1) is 12.9. The molecule has 90 valence electrons. The van der Waals surface area contributed by atoms with E-state index in [1.54, 1.807) is 6.92 Å². The highest BCUT2D eigenvalue weighted by Gasteiger charge is 2.31. The topological polar surface area (TPSA) is 9.23 Å². The Morgan fingerprint density at radius 3 is 2.31 bits per heavy atom. The van der Waals surface area contributed by atoms with Crippen molar-refractivity contribution in [1.29, 1.82) is 0 Å². The van der Waals surface area contributed by atoms with Crippen molar-refractivity contribution in [3.05, 3.63) is 28.8 Å². The van der Waals surface area contributed by atoms with E-state index in [0.717, 1.165) is 29.5 Å². The second-order valence-electron chi connectivity index (χ2n) is 3.82. The lowest BCUT2D eigenvalue weighted by molar-refractivity contribution is -0.274. The summed E-state index contributed by atoms with van der Waals surface area (Å²) in [5.74, 6) is -0.126. The van der Waals surface area contributed by atoms with E-state index >= 15 is 0 Å². The molecule has 16 heavy (non-hydrogen) atoms. The molecule has 0 N–H and O–H groups in total. The number of benzene rings is 1. The number of alkyl halides is 3. The van der Waals surface area contributed by atoms with Crippen molar-refractivity contribution in [2.75, 3.05) is 0 Å². The fourth-order valence-electron chi connectivity index (χ4n) is 1.62. The summed E-state index contributed by atoms with van der Waals surface area (Å²) < 4.78 is 40.1. The van der Waals surface area contributed by atoms with Gasteiger partial charge in [-0.15, -0.1) is 13.2 Å². The van der Waals surface area contributed by atoms with E-state index in [1.165, 1.54) is 12.1 Å². The van der Waals surface area contributed by atoms with E-state index in [-0.39, 0.29) is 5.75 Å². The first-order chi connectivity index (χ1) is 7.33. The lowest BCUT2D eigenvalue weighted by atomic mass is 9.99. The van der Waals surface area contributed by atoms with E-state index in [2.05, 4.69) is 4.74 Å². The predicted octanol–water partition coefficient (Wildman–Crippen LogP) is 4.15. The van der Waals surface area contributed by atoms with Gasteiger partial charge in [0, 0.05) is 0 Å². The zero-order valence-corrected chi connectivity index (χ0v) is 9.61. The maximum Gasteiger partial charge on any atom is 0.573 e. The Hall–Kier alpha value is -1.19. The van der Waals surface area contributed by atoms with Gasteiger partial charge in [-0.1, -0.05) is 13.3 Å². The van der Waals surface area contributed by atoms with Crippen LogP contribution in [0.4, 0.5) is 13.2 Å². The monoisotopic (exact) mass is 232 g/mol. The van der Waals surface area contributed by atoms with E-state index < -0.39 is 6.36 Å². The average Bonchev–Trinajstić information content (AvgIpc) is 2.11. The molecule has 1 rings (SSSR count). The third kappa shape index (κ3) is 3.43. The summed E-state index contributed by atoms with van der Waals surface area (Å²) in [5, 5.41) is 0. The molecule has 0 unspecified atom stereocenters. The van der Waals surface area contributed by atoms with Crippen molar-refractivity contribution in [1.82, 2.24) is 0 Å². The highest BCUT2D eigenvalue weighted by Crippen LogP contribution is 2.27. The number of aryl methyl sites for hydroxylation is 2. The Morgan fingerprint density at radius 1 is 1.19 bits per heavy atom. The molecule has 1 aromatic carbocycles. The first-order valence-electron chi connectivity index (χ1n) is 5.19. The second-order valence-corrected chi connectivity index (χ2v) is 3.82. The van der Waals surface area contributed by atoms with Crippen molar-refractivity contribution >= 4 is 0 Å². The lowest BCUT2D eigenvalue weighted by Gasteiger charge is -2.13. The molecule has 0 aromatic heterocycles. The van der Waals surface area contributed by atoms with Crippen LogP contribution in [0.2, 0.25) is 0 Å². The minimum atomic E-state index is -4.62. The molecule has 0 radical (unpaired) electrons. The molecule has 0 saturated carbocycles. The Bertz CT molecular complexity index is 369. The number of hydrogen-bond acceptors (Lipinski definition) is 1. The molecule has 0 fully saturated rings. The van der Waals surface area contributed by atoms with Crippen molar-refractivity contribution in [2.45, 2.75) is 40.0 Å². The second kappa shape index (κ2) is 4.76. The van der Waals surface area contributed by atoms with Gasteiger partial charge >= 0.3 is 6.36 Å². The molecule has 0 atom stereocenters. The molecule has 0 aliphatic rings. The molecule has 0 bridgehead atoms. The number of hydrogen-bond donors (Lipinski definition) is 0. The van der Waals surface area contributed by atoms with Crippen LogP contribution in [-0.4, -0.2) is 6.36 Å². The van der Waals surface area contributed by atoms with Gasteiger partial charge in [0.15, 0.2) is 0 Å². The predicted molar refractivity (Wildman–Crippen MR) is 56.6 cm³/mol.